The molecule has 0 aromatic heterocycles. The molecule has 1 aliphatic carbocycles. The largest absolute Gasteiger partial charge is 0.459 e. The molecule has 0 aromatic rings. The first-order valence-corrected chi connectivity index (χ1v) is 6.22. The number of esters is 1. The van der Waals surface area contributed by atoms with Crippen LogP contribution in [0.15, 0.2) is 0 Å². The standard InChI is InChI=1S/C13H25NO2/c1-10(11(15)16-12(2,3)4)14-13(5)8-6-7-9-13/h10,14H,6-9H2,1-5H3. The Morgan fingerprint density at radius 2 is 1.81 bits per heavy atom. The highest BCUT2D eigenvalue weighted by atomic mass is 16.6. The Kier molecular flexibility index (Phi) is 4.00. The Labute approximate surface area is 98.9 Å². The van der Waals surface area contributed by atoms with E-state index in [1.807, 2.05) is 27.7 Å². The normalized spacial score (nSPS) is 21.8. The second-order valence-corrected chi connectivity index (χ2v) is 6.17. The van der Waals surface area contributed by atoms with Crippen LogP contribution in [0.2, 0.25) is 0 Å². The first-order chi connectivity index (χ1) is 7.22. The molecule has 1 unspecified atom stereocenters. The molecular formula is C13H25NO2. The summed E-state index contributed by atoms with van der Waals surface area (Å²) < 4.78 is 5.35. The third-order valence-corrected chi connectivity index (χ3v) is 3.03. The minimum atomic E-state index is -0.399. The third kappa shape index (κ3) is 4.12. The summed E-state index contributed by atoms with van der Waals surface area (Å²) in [5.74, 6) is -0.152. The highest BCUT2D eigenvalue weighted by Crippen LogP contribution is 2.29. The van der Waals surface area contributed by atoms with Gasteiger partial charge in [-0.2, -0.15) is 0 Å². The lowest BCUT2D eigenvalue weighted by Crippen LogP contribution is -2.49. The average Bonchev–Trinajstić information content (AvgIpc) is 2.48. The van der Waals surface area contributed by atoms with Gasteiger partial charge >= 0.3 is 5.97 Å². The molecule has 0 bridgehead atoms. The second-order valence-electron chi connectivity index (χ2n) is 6.17. The van der Waals surface area contributed by atoms with E-state index < -0.39 is 5.60 Å². The molecule has 94 valence electrons. The molecule has 16 heavy (non-hydrogen) atoms. The first-order valence-electron chi connectivity index (χ1n) is 6.22. The Morgan fingerprint density at radius 3 is 2.25 bits per heavy atom. The van der Waals surface area contributed by atoms with Crippen molar-refractivity contribution in [2.45, 2.75) is 77.5 Å². The Balaban J connectivity index is 2.45. The van der Waals surface area contributed by atoms with Crippen molar-refractivity contribution in [3.63, 3.8) is 0 Å². The van der Waals surface area contributed by atoms with Gasteiger partial charge in [-0.25, -0.2) is 0 Å². The topological polar surface area (TPSA) is 38.3 Å². The molecule has 1 N–H and O–H groups in total. The molecule has 0 radical (unpaired) electrons. The smallest absolute Gasteiger partial charge is 0.323 e. The van der Waals surface area contributed by atoms with Crippen LogP contribution in [0.25, 0.3) is 0 Å². The number of ether oxygens (including phenoxy) is 1. The van der Waals surface area contributed by atoms with Crippen LogP contribution in [0.5, 0.6) is 0 Å². The zero-order valence-electron chi connectivity index (χ0n) is 11.2. The number of hydrogen-bond acceptors (Lipinski definition) is 3. The number of carbonyl (C=O) groups excluding carboxylic acids is 1. The highest BCUT2D eigenvalue weighted by molar-refractivity contribution is 5.75. The van der Waals surface area contributed by atoms with E-state index in [-0.39, 0.29) is 17.6 Å². The predicted octanol–water partition coefficient (Wildman–Crippen LogP) is 2.64. The quantitative estimate of drug-likeness (QED) is 0.753. The number of hydrogen-bond donors (Lipinski definition) is 1. The molecule has 0 saturated heterocycles. The Morgan fingerprint density at radius 1 is 1.31 bits per heavy atom. The molecular weight excluding hydrogens is 202 g/mol. The summed E-state index contributed by atoms with van der Waals surface area (Å²) in [6.45, 7) is 9.78. The molecule has 3 nitrogen and oxygen atoms in total. The zero-order chi connectivity index (χ0) is 12.4. The van der Waals surface area contributed by atoms with Gasteiger partial charge in [-0.15, -0.1) is 0 Å². The monoisotopic (exact) mass is 227 g/mol. The van der Waals surface area contributed by atoms with E-state index in [4.69, 9.17) is 4.74 Å². The van der Waals surface area contributed by atoms with Crippen LogP contribution >= 0.6 is 0 Å². The fourth-order valence-electron chi connectivity index (χ4n) is 2.27. The van der Waals surface area contributed by atoms with E-state index in [2.05, 4.69) is 12.2 Å². The lowest BCUT2D eigenvalue weighted by atomic mass is 9.99. The molecule has 0 spiro atoms. The maximum atomic E-state index is 11.8. The van der Waals surface area contributed by atoms with Crippen LogP contribution in [0.3, 0.4) is 0 Å². The summed E-state index contributed by atoms with van der Waals surface area (Å²) in [6, 6.07) is -0.220. The predicted molar refractivity (Wildman–Crippen MR) is 65.3 cm³/mol. The van der Waals surface area contributed by atoms with Crippen LogP contribution < -0.4 is 5.32 Å². The van der Waals surface area contributed by atoms with Crippen molar-refractivity contribution < 1.29 is 9.53 Å². The molecule has 1 atom stereocenters. The van der Waals surface area contributed by atoms with Crippen LogP contribution in [0.4, 0.5) is 0 Å². The number of rotatable bonds is 3. The lowest BCUT2D eigenvalue weighted by Gasteiger charge is -2.30. The Bertz CT molecular complexity index is 249. The summed E-state index contributed by atoms with van der Waals surface area (Å²) in [6.07, 6.45) is 4.81. The fraction of sp³-hybridized carbons (Fsp3) is 0.923. The van der Waals surface area contributed by atoms with Gasteiger partial charge in [0.1, 0.15) is 11.6 Å². The summed E-state index contributed by atoms with van der Waals surface area (Å²) in [5.41, 5.74) is -0.278. The third-order valence-electron chi connectivity index (χ3n) is 3.03. The second kappa shape index (κ2) is 4.74. The Hall–Kier alpha value is -0.570. The maximum Gasteiger partial charge on any atom is 0.323 e. The van der Waals surface area contributed by atoms with Crippen LogP contribution in [0.1, 0.15) is 60.3 Å². The van der Waals surface area contributed by atoms with E-state index in [0.29, 0.717) is 0 Å². The van der Waals surface area contributed by atoms with Crippen molar-refractivity contribution in [3.8, 4) is 0 Å². The van der Waals surface area contributed by atoms with Gasteiger partial charge in [0.15, 0.2) is 0 Å². The van der Waals surface area contributed by atoms with Gasteiger partial charge in [0.05, 0.1) is 0 Å². The molecule has 0 amide bonds. The van der Waals surface area contributed by atoms with Crippen molar-refractivity contribution >= 4 is 5.97 Å². The van der Waals surface area contributed by atoms with Gasteiger partial charge < -0.3 is 4.74 Å². The van der Waals surface area contributed by atoms with Gasteiger partial charge in [0.2, 0.25) is 0 Å². The minimum absolute atomic E-state index is 0.121. The number of carbonyl (C=O) groups is 1. The van der Waals surface area contributed by atoms with Gasteiger partial charge in [-0.1, -0.05) is 12.8 Å². The molecule has 0 heterocycles. The molecule has 0 aromatic carbocycles. The summed E-state index contributed by atoms with van der Waals surface area (Å²) in [7, 11) is 0. The lowest BCUT2D eigenvalue weighted by molar-refractivity contribution is -0.157. The molecule has 0 aliphatic heterocycles. The van der Waals surface area contributed by atoms with Crippen LogP contribution in [0, 0.1) is 0 Å². The van der Waals surface area contributed by atoms with Crippen LogP contribution in [-0.2, 0) is 9.53 Å². The van der Waals surface area contributed by atoms with Crippen molar-refractivity contribution in [3.05, 3.63) is 0 Å². The first kappa shape index (κ1) is 13.5. The van der Waals surface area contributed by atoms with Crippen molar-refractivity contribution in [1.29, 1.82) is 0 Å². The summed E-state index contributed by atoms with van der Waals surface area (Å²) in [5, 5.41) is 3.40. The van der Waals surface area contributed by atoms with Gasteiger partial charge in [-0.05, 0) is 47.5 Å². The SMILES string of the molecule is CC(NC1(C)CCCC1)C(=O)OC(C)(C)C. The minimum Gasteiger partial charge on any atom is -0.459 e. The van der Waals surface area contributed by atoms with Crippen molar-refractivity contribution in [1.82, 2.24) is 5.32 Å². The number of nitrogens with one attached hydrogen (secondary N) is 1. The van der Waals surface area contributed by atoms with Gasteiger partial charge in [-0.3, -0.25) is 10.1 Å². The maximum absolute atomic E-state index is 11.8. The van der Waals surface area contributed by atoms with Crippen molar-refractivity contribution in [2.75, 3.05) is 0 Å². The fourth-order valence-corrected chi connectivity index (χ4v) is 2.27. The average molecular weight is 227 g/mol. The molecule has 3 heteroatoms. The van der Waals surface area contributed by atoms with E-state index in [0.717, 1.165) is 12.8 Å². The summed E-state index contributed by atoms with van der Waals surface area (Å²) >= 11 is 0. The zero-order valence-corrected chi connectivity index (χ0v) is 11.2. The van der Waals surface area contributed by atoms with E-state index in [9.17, 15) is 4.79 Å². The molecule has 1 saturated carbocycles. The highest BCUT2D eigenvalue weighted by Gasteiger charge is 2.32. The van der Waals surface area contributed by atoms with Crippen LogP contribution in [-0.4, -0.2) is 23.2 Å². The molecule has 1 aliphatic rings. The van der Waals surface area contributed by atoms with Gasteiger partial charge in [0, 0.05) is 5.54 Å². The van der Waals surface area contributed by atoms with Gasteiger partial charge in [0.25, 0.3) is 0 Å². The van der Waals surface area contributed by atoms with E-state index >= 15 is 0 Å². The van der Waals surface area contributed by atoms with E-state index in [1.54, 1.807) is 0 Å². The summed E-state index contributed by atoms with van der Waals surface area (Å²) in [4.78, 5) is 11.8. The molecule has 1 rings (SSSR count). The molecule has 1 fully saturated rings. The van der Waals surface area contributed by atoms with Crippen molar-refractivity contribution in [2.24, 2.45) is 0 Å². The van der Waals surface area contributed by atoms with E-state index in [1.165, 1.54) is 12.8 Å².